The van der Waals surface area contributed by atoms with Gasteiger partial charge in [-0.2, -0.15) is 0 Å². The molecule has 1 rings (SSSR count). The second-order valence-corrected chi connectivity index (χ2v) is 5.18. The highest BCUT2D eigenvalue weighted by Crippen LogP contribution is 2.18. The SMILES string of the molecule is COc1ccccc1C#CC(N=[N+]=[N-])OC(=O)C(C)(C)C. The van der Waals surface area contributed by atoms with E-state index in [1.165, 1.54) is 7.11 Å². The molecule has 0 aromatic heterocycles. The van der Waals surface area contributed by atoms with Crippen molar-refractivity contribution >= 4 is 5.97 Å². The summed E-state index contributed by atoms with van der Waals surface area (Å²) < 4.78 is 10.2. The van der Waals surface area contributed by atoms with Crippen molar-refractivity contribution in [1.29, 1.82) is 0 Å². The zero-order valence-electron chi connectivity index (χ0n) is 12.5. The number of para-hydroxylation sites is 1. The average Bonchev–Trinajstić information content (AvgIpc) is 2.44. The number of hydrogen-bond acceptors (Lipinski definition) is 4. The average molecular weight is 287 g/mol. The standard InChI is InChI=1S/C15H17N3O3/c1-15(2,3)14(19)21-13(17-18-16)10-9-11-7-5-6-8-12(11)20-4/h5-8,13H,1-4H3. The van der Waals surface area contributed by atoms with Gasteiger partial charge in [0.2, 0.25) is 6.23 Å². The van der Waals surface area contributed by atoms with Gasteiger partial charge in [-0.05, 0) is 49.5 Å². The van der Waals surface area contributed by atoms with Crippen molar-refractivity contribution in [1.82, 2.24) is 0 Å². The lowest BCUT2D eigenvalue weighted by molar-refractivity contribution is -0.155. The van der Waals surface area contributed by atoms with Crippen LogP contribution in [0, 0.1) is 17.3 Å². The molecule has 0 bridgehead atoms. The van der Waals surface area contributed by atoms with Gasteiger partial charge in [0.25, 0.3) is 0 Å². The van der Waals surface area contributed by atoms with E-state index < -0.39 is 17.6 Å². The highest BCUT2D eigenvalue weighted by Gasteiger charge is 2.25. The van der Waals surface area contributed by atoms with Gasteiger partial charge in [-0.15, -0.1) is 0 Å². The van der Waals surface area contributed by atoms with Gasteiger partial charge in [0.1, 0.15) is 5.75 Å². The van der Waals surface area contributed by atoms with Gasteiger partial charge in [-0.25, -0.2) is 0 Å². The Balaban J connectivity index is 2.97. The Kier molecular flexibility index (Phi) is 5.65. The fourth-order valence-corrected chi connectivity index (χ4v) is 1.29. The molecule has 0 radical (unpaired) electrons. The molecule has 0 N–H and O–H groups in total. The first-order valence-electron chi connectivity index (χ1n) is 6.28. The molecule has 6 nitrogen and oxygen atoms in total. The molecule has 0 aliphatic rings. The molecular weight excluding hydrogens is 270 g/mol. The number of carbonyl (C=O) groups excluding carboxylic acids is 1. The number of methoxy groups -OCH3 is 1. The topological polar surface area (TPSA) is 84.3 Å². The number of esters is 1. The van der Waals surface area contributed by atoms with Gasteiger partial charge in [-0.3, -0.25) is 4.79 Å². The lowest BCUT2D eigenvalue weighted by atomic mass is 9.97. The molecule has 0 saturated heterocycles. The molecule has 0 aliphatic heterocycles. The number of benzene rings is 1. The summed E-state index contributed by atoms with van der Waals surface area (Å²) in [6, 6.07) is 7.13. The Morgan fingerprint density at radius 1 is 1.38 bits per heavy atom. The van der Waals surface area contributed by atoms with Gasteiger partial charge in [0.05, 0.1) is 18.1 Å². The van der Waals surface area contributed by atoms with Crippen molar-refractivity contribution in [3.8, 4) is 17.6 Å². The van der Waals surface area contributed by atoms with Gasteiger partial charge >= 0.3 is 5.97 Å². The fraction of sp³-hybridized carbons (Fsp3) is 0.400. The van der Waals surface area contributed by atoms with E-state index in [1.807, 2.05) is 6.07 Å². The van der Waals surface area contributed by atoms with E-state index in [0.717, 1.165) is 0 Å². The summed E-state index contributed by atoms with van der Waals surface area (Å²) in [5.41, 5.74) is 8.44. The molecule has 1 aromatic carbocycles. The predicted octanol–water partition coefficient (Wildman–Crippen LogP) is 3.27. The van der Waals surface area contributed by atoms with Gasteiger partial charge in [-0.1, -0.05) is 18.1 Å². The number of azide groups is 1. The van der Waals surface area contributed by atoms with Crippen LogP contribution in [-0.2, 0) is 9.53 Å². The smallest absolute Gasteiger partial charge is 0.312 e. The van der Waals surface area contributed by atoms with E-state index in [0.29, 0.717) is 11.3 Å². The van der Waals surface area contributed by atoms with E-state index in [1.54, 1.807) is 39.0 Å². The van der Waals surface area contributed by atoms with Crippen LogP contribution in [0.2, 0.25) is 0 Å². The Morgan fingerprint density at radius 3 is 2.62 bits per heavy atom. The van der Waals surface area contributed by atoms with Crippen LogP contribution in [0.3, 0.4) is 0 Å². The molecule has 0 heterocycles. The van der Waals surface area contributed by atoms with Crippen molar-refractivity contribution in [3.63, 3.8) is 0 Å². The minimum absolute atomic E-state index is 0.491. The van der Waals surface area contributed by atoms with Crippen LogP contribution in [0.4, 0.5) is 0 Å². The molecular formula is C15H17N3O3. The second kappa shape index (κ2) is 7.22. The normalized spacial score (nSPS) is 11.4. The van der Waals surface area contributed by atoms with Crippen molar-refractivity contribution in [3.05, 3.63) is 40.3 Å². The van der Waals surface area contributed by atoms with Crippen LogP contribution in [-0.4, -0.2) is 19.3 Å². The Bertz CT molecular complexity index is 617. The largest absolute Gasteiger partial charge is 0.495 e. The number of nitrogens with zero attached hydrogens (tertiary/aromatic N) is 3. The van der Waals surface area contributed by atoms with Crippen LogP contribution in [0.1, 0.15) is 26.3 Å². The van der Waals surface area contributed by atoms with Gasteiger partial charge in [0, 0.05) is 4.91 Å². The van der Waals surface area contributed by atoms with Gasteiger partial charge in [0.15, 0.2) is 0 Å². The molecule has 0 saturated carbocycles. The molecule has 6 heteroatoms. The van der Waals surface area contributed by atoms with Crippen LogP contribution in [0.5, 0.6) is 5.75 Å². The molecule has 1 aromatic rings. The van der Waals surface area contributed by atoms with Crippen LogP contribution in [0.15, 0.2) is 29.4 Å². The molecule has 0 fully saturated rings. The number of carbonyl (C=O) groups is 1. The maximum atomic E-state index is 11.8. The number of hydrogen-bond donors (Lipinski definition) is 0. The summed E-state index contributed by atoms with van der Waals surface area (Å²) in [6.45, 7) is 5.11. The fourth-order valence-electron chi connectivity index (χ4n) is 1.29. The van der Waals surface area contributed by atoms with E-state index in [9.17, 15) is 4.79 Å². The summed E-state index contributed by atoms with van der Waals surface area (Å²) in [7, 11) is 1.53. The minimum atomic E-state index is -1.17. The number of rotatable bonds is 3. The molecule has 110 valence electrons. The highest BCUT2D eigenvalue weighted by atomic mass is 16.6. The molecule has 21 heavy (non-hydrogen) atoms. The van der Waals surface area contributed by atoms with Crippen molar-refractivity contribution in [2.45, 2.75) is 27.0 Å². The van der Waals surface area contributed by atoms with E-state index in [-0.39, 0.29) is 0 Å². The van der Waals surface area contributed by atoms with E-state index >= 15 is 0 Å². The summed E-state index contributed by atoms with van der Waals surface area (Å²) in [4.78, 5) is 14.4. The Labute approximate surface area is 123 Å². The lowest BCUT2D eigenvalue weighted by Gasteiger charge is -2.17. The van der Waals surface area contributed by atoms with Crippen molar-refractivity contribution in [2.75, 3.05) is 7.11 Å². The number of ether oxygens (including phenoxy) is 2. The summed E-state index contributed by atoms with van der Waals surface area (Å²) >= 11 is 0. The monoisotopic (exact) mass is 287 g/mol. The van der Waals surface area contributed by atoms with E-state index in [2.05, 4.69) is 21.9 Å². The van der Waals surface area contributed by atoms with E-state index in [4.69, 9.17) is 15.0 Å². The zero-order valence-corrected chi connectivity index (χ0v) is 12.5. The Hall–Kier alpha value is -2.64. The third kappa shape index (κ3) is 5.09. The first-order valence-corrected chi connectivity index (χ1v) is 6.28. The molecule has 1 atom stereocenters. The molecule has 0 amide bonds. The maximum absolute atomic E-state index is 11.8. The van der Waals surface area contributed by atoms with Crippen molar-refractivity contribution < 1.29 is 14.3 Å². The first-order chi connectivity index (χ1) is 9.88. The highest BCUT2D eigenvalue weighted by molar-refractivity contribution is 5.75. The minimum Gasteiger partial charge on any atom is -0.495 e. The third-order valence-electron chi connectivity index (χ3n) is 2.42. The summed E-state index contributed by atoms with van der Waals surface area (Å²) in [5.74, 6) is 5.51. The summed E-state index contributed by atoms with van der Waals surface area (Å²) in [6.07, 6.45) is -1.17. The molecule has 0 aliphatic carbocycles. The van der Waals surface area contributed by atoms with Crippen LogP contribution >= 0.6 is 0 Å². The third-order valence-corrected chi connectivity index (χ3v) is 2.42. The maximum Gasteiger partial charge on any atom is 0.312 e. The van der Waals surface area contributed by atoms with Crippen molar-refractivity contribution in [2.24, 2.45) is 10.5 Å². The zero-order chi connectivity index (χ0) is 15.9. The van der Waals surface area contributed by atoms with Crippen LogP contribution in [0.25, 0.3) is 10.4 Å². The summed E-state index contributed by atoms with van der Waals surface area (Å²) in [5, 5.41) is 3.37. The molecule has 0 spiro atoms. The second-order valence-electron chi connectivity index (χ2n) is 5.18. The quantitative estimate of drug-likeness (QED) is 0.281. The predicted molar refractivity (Wildman–Crippen MR) is 78.4 cm³/mol. The Morgan fingerprint density at radius 2 is 2.05 bits per heavy atom. The van der Waals surface area contributed by atoms with Crippen LogP contribution < -0.4 is 4.74 Å². The lowest BCUT2D eigenvalue weighted by Crippen LogP contribution is -2.26. The molecule has 1 unspecified atom stereocenters. The van der Waals surface area contributed by atoms with Gasteiger partial charge < -0.3 is 9.47 Å². The first kappa shape index (κ1) is 16.4.